The number of rotatable bonds is 6. The maximum atomic E-state index is 9.10. The standard InChI is InChI=1S/C32H35N3OS.C2H2O4/c1-23-30(26-12-14-28(15-13-26)37-22-24-8-4-3-5-9-24)33-32-31(36-27-17-19-34(2)20-18-27)29-11-7-6-10-25(29)16-21-35(23)32;3-1(4)2(5)6/h3-15,27,31H,16-22H2,1-2H3;(H,3,4)(H,5,6). The van der Waals surface area contributed by atoms with E-state index in [0.29, 0.717) is 0 Å². The van der Waals surface area contributed by atoms with Gasteiger partial charge >= 0.3 is 11.9 Å². The molecule has 1 atom stereocenters. The number of ether oxygens (including phenoxy) is 1. The van der Waals surface area contributed by atoms with Crippen LogP contribution in [0.5, 0.6) is 0 Å². The molecule has 3 aromatic carbocycles. The van der Waals surface area contributed by atoms with E-state index in [2.05, 4.69) is 102 Å². The highest BCUT2D eigenvalue weighted by atomic mass is 32.2. The molecule has 6 rings (SSSR count). The number of piperidine rings is 1. The third kappa shape index (κ3) is 7.54. The van der Waals surface area contributed by atoms with E-state index in [-0.39, 0.29) is 12.2 Å². The van der Waals surface area contributed by atoms with Crippen molar-refractivity contribution in [1.29, 1.82) is 0 Å². The van der Waals surface area contributed by atoms with Gasteiger partial charge in [-0.05, 0) is 62.1 Å². The van der Waals surface area contributed by atoms with Crippen molar-refractivity contribution < 1.29 is 24.5 Å². The van der Waals surface area contributed by atoms with Gasteiger partial charge in [0, 0.05) is 41.5 Å². The minimum absolute atomic E-state index is 0.125. The van der Waals surface area contributed by atoms with Crippen LogP contribution < -0.4 is 0 Å². The van der Waals surface area contributed by atoms with E-state index in [1.165, 1.54) is 32.8 Å². The van der Waals surface area contributed by atoms with E-state index >= 15 is 0 Å². The van der Waals surface area contributed by atoms with Crippen LogP contribution in [0.1, 0.15) is 47.2 Å². The van der Waals surface area contributed by atoms with E-state index in [4.69, 9.17) is 29.5 Å². The van der Waals surface area contributed by atoms with Crippen molar-refractivity contribution in [3.05, 3.63) is 107 Å². The van der Waals surface area contributed by atoms with Gasteiger partial charge in [-0.1, -0.05) is 66.7 Å². The molecule has 2 aliphatic rings. The highest BCUT2D eigenvalue weighted by molar-refractivity contribution is 7.98. The fourth-order valence-electron chi connectivity index (χ4n) is 5.60. The lowest BCUT2D eigenvalue weighted by atomic mass is 10.00. The van der Waals surface area contributed by atoms with Crippen molar-refractivity contribution >= 4 is 23.7 Å². The molecule has 0 amide bonds. The molecular weight excluding hydrogens is 562 g/mol. The first-order valence-corrected chi connectivity index (χ1v) is 15.5. The van der Waals surface area contributed by atoms with Crippen LogP contribution in [0.3, 0.4) is 0 Å². The first-order valence-electron chi connectivity index (χ1n) is 14.5. The largest absolute Gasteiger partial charge is 0.473 e. The number of aliphatic carboxylic acids is 2. The number of carboxylic acid groups (broad SMARTS) is 2. The third-order valence-corrected chi connectivity index (χ3v) is 9.06. The van der Waals surface area contributed by atoms with E-state index in [1.807, 2.05) is 11.8 Å². The van der Waals surface area contributed by atoms with Gasteiger partial charge in [0.05, 0.1) is 11.8 Å². The Morgan fingerprint density at radius 1 is 0.907 bits per heavy atom. The average molecular weight is 600 g/mol. The predicted molar refractivity (Wildman–Crippen MR) is 167 cm³/mol. The molecule has 43 heavy (non-hydrogen) atoms. The lowest BCUT2D eigenvalue weighted by Crippen LogP contribution is -2.35. The summed E-state index contributed by atoms with van der Waals surface area (Å²) >= 11 is 1.87. The van der Waals surface area contributed by atoms with Crippen molar-refractivity contribution in [2.24, 2.45) is 0 Å². The summed E-state index contributed by atoms with van der Waals surface area (Å²) < 4.78 is 9.31. The van der Waals surface area contributed by atoms with Crippen molar-refractivity contribution in [2.45, 2.75) is 55.6 Å². The quantitative estimate of drug-likeness (QED) is 0.204. The Morgan fingerprint density at radius 3 is 2.23 bits per heavy atom. The summed E-state index contributed by atoms with van der Waals surface area (Å²) in [6.45, 7) is 5.33. The van der Waals surface area contributed by atoms with Gasteiger partial charge in [-0.25, -0.2) is 14.6 Å². The van der Waals surface area contributed by atoms with Crippen LogP contribution in [0.4, 0.5) is 0 Å². The molecule has 0 saturated carbocycles. The monoisotopic (exact) mass is 599 g/mol. The summed E-state index contributed by atoms with van der Waals surface area (Å²) in [7, 11) is 2.20. The minimum atomic E-state index is -1.82. The van der Waals surface area contributed by atoms with Crippen LogP contribution in [-0.2, 0) is 33.0 Å². The maximum absolute atomic E-state index is 9.10. The number of hydrogen-bond acceptors (Lipinski definition) is 6. The van der Waals surface area contributed by atoms with Gasteiger partial charge in [-0.3, -0.25) is 0 Å². The Kier molecular flexibility index (Phi) is 9.97. The summed E-state index contributed by atoms with van der Waals surface area (Å²) in [6.07, 6.45) is 3.29. The maximum Gasteiger partial charge on any atom is 0.414 e. The van der Waals surface area contributed by atoms with Gasteiger partial charge in [0.1, 0.15) is 11.9 Å². The van der Waals surface area contributed by atoms with Gasteiger partial charge in [0.15, 0.2) is 0 Å². The number of likely N-dealkylation sites (tertiary alicyclic amines) is 1. The molecule has 3 heterocycles. The lowest BCUT2D eigenvalue weighted by molar-refractivity contribution is -0.159. The van der Waals surface area contributed by atoms with E-state index in [9.17, 15) is 0 Å². The zero-order valence-corrected chi connectivity index (χ0v) is 25.3. The van der Waals surface area contributed by atoms with Crippen LogP contribution in [0.2, 0.25) is 0 Å². The second-order valence-corrected chi connectivity index (χ2v) is 12.0. The normalized spacial score (nSPS) is 16.7. The Morgan fingerprint density at radius 2 is 1.56 bits per heavy atom. The molecule has 2 aliphatic heterocycles. The first kappa shape index (κ1) is 30.5. The molecule has 0 aliphatic carbocycles. The van der Waals surface area contributed by atoms with E-state index in [0.717, 1.165) is 56.2 Å². The van der Waals surface area contributed by atoms with Crippen LogP contribution >= 0.6 is 11.8 Å². The molecular formula is C34H37N3O5S. The number of nitrogens with zero attached hydrogens (tertiary/aromatic N) is 3. The van der Waals surface area contributed by atoms with Crippen LogP contribution in [0.15, 0.2) is 83.8 Å². The molecule has 224 valence electrons. The summed E-state index contributed by atoms with van der Waals surface area (Å²) in [5, 5.41) is 14.8. The van der Waals surface area contributed by atoms with Crippen molar-refractivity contribution in [3.63, 3.8) is 0 Å². The molecule has 1 fully saturated rings. The van der Waals surface area contributed by atoms with Crippen LogP contribution in [0.25, 0.3) is 11.3 Å². The Hall–Kier alpha value is -3.92. The number of carbonyl (C=O) groups is 2. The molecule has 2 N–H and O–H groups in total. The fourth-order valence-corrected chi connectivity index (χ4v) is 6.45. The van der Waals surface area contributed by atoms with Gasteiger partial charge in [0.2, 0.25) is 0 Å². The zero-order valence-electron chi connectivity index (χ0n) is 24.5. The molecule has 0 spiro atoms. The smallest absolute Gasteiger partial charge is 0.414 e. The van der Waals surface area contributed by atoms with Gasteiger partial charge in [-0.2, -0.15) is 0 Å². The highest BCUT2D eigenvalue weighted by Gasteiger charge is 2.32. The number of aromatic nitrogens is 2. The van der Waals surface area contributed by atoms with Gasteiger partial charge in [-0.15, -0.1) is 11.8 Å². The topological polar surface area (TPSA) is 105 Å². The predicted octanol–water partition coefficient (Wildman–Crippen LogP) is 6.06. The number of carboxylic acids is 2. The second-order valence-electron chi connectivity index (χ2n) is 10.9. The number of aryl methyl sites for hydroxylation is 1. The number of hydrogen-bond donors (Lipinski definition) is 2. The minimum Gasteiger partial charge on any atom is -0.473 e. The van der Waals surface area contributed by atoms with Crippen molar-refractivity contribution in [3.8, 4) is 11.3 Å². The van der Waals surface area contributed by atoms with Gasteiger partial charge in [0.25, 0.3) is 0 Å². The third-order valence-electron chi connectivity index (χ3n) is 7.98. The Balaban J connectivity index is 0.000000559. The highest BCUT2D eigenvalue weighted by Crippen LogP contribution is 2.38. The molecule has 0 bridgehead atoms. The Labute approximate surface area is 256 Å². The SMILES string of the molecule is Cc1c(-c2ccc(SCc3ccccc3)cc2)nc2n1CCc1ccccc1C2OC1CCN(C)CC1.O=C(O)C(=O)O. The molecule has 1 aromatic heterocycles. The summed E-state index contributed by atoms with van der Waals surface area (Å²) in [5.41, 5.74) is 7.49. The molecule has 9 heteroatoms. The lowest BCUT2D eigenvalue weighted by Gasteiger charge is -2.32. The summed E-state index contributed by atoms with van der Waals surface area (Å²) in [6, 6.07) is 28.4. The van der Waals surface area contributed by atoms with Crippen LogP contribution in [0, 0.1) is 6.92 Å². The van der Waals surface area contributed by atoms with E-state index in [1.54, 1.807) is 0 Å². The second kappa shape index (κ2) is 14.0. The van der Waals surface area contributed by atoms with Crippen molar-refractivity contribution in [1.82, 2.24) is 14.5 Å². The first-order chi connectivity index (χ1) is 20.8. The fraction of sp³-hybridized carbons (Fsp3) is 0.324. The Bertz CT molecular complexity index is 1530. The number of imidazole rings is 1. The zero-order chi connectivity index (χ0) is 30.3. The number of thioether (sulfide) groups is 1. The number of fused-ring (bicyclic) bond motifs is 2. The summed E-state index contributed by atoms with van der Waals surface area (Å²) in [5.74, 6) is -1.61. The van der Waals surface area contributed by atoms with E-state index < -0.39 is 11.9 Å². The average Bonchev–Trinajstić information content (AvgIpc) is 3.26. The number of benzene rings is 3. The van der Waals surface area contributed by atoms with Crippen molar-refractivity contribution in [2.75, 3.05) is 20.1 Å². The molecule has 0 radical (unpaired) electrons. The van der Waals surface area contributed by atoms with Gasteiger partial charge < -0.3 is 24.4 Å². The molecule has 8 nitrogen and oxygen atoms in total. The molecule has 1 saturated heterocycles. The molecule has 4 aromatic rings. The summed E-state index contributed by atoms with van der Waals surface area (Å²) in [4.78, 5) is 27.2. The van der Waals surface area contributed by atoms with Crippen LogP contribution in [-0.4, -0.2) is 62.8 Å². The molecule has 1 unspecified atom stereocenters.